The number of nitrogens with one attached hydrogen (secondary N) is 1. The van der Waals surface area contributed by atoms with Gasteiger partial charge in [-0.05, 0) is 17.4 Å². The third kappa shape index (κ3) is 2.90. The number of amides is 1. The molecule has 0 aliphatic rings. The SMILES string of the molecule is CNc1nc(C(=O)N(C)CC(C)C)cc2ccccc12. The van der Waals surface area contributed by atoms with Crippen molar-refractivity contribution in [2.24, 2.45) is 5.92 Å². The van der Waals surface area contributed by atoms with Crippen molar-refractivity contribution in [3.8, 4) is 0 Å². The Morgan fingerprint density at radius 3 is 2.70 bits per heavy atom. The summed E-state index contributed by atoms with van der Waals surface area (Å²) in [5.74, 6) is 1.14. The number of rotatable bonds is 4. The second-order valence-corrected chi connectivity index (χ2v) is 5.41. The van der Waals surface area contributed by atoms with Gasteiger partial charge < -0.3 is 10.2 Å². The molecule has 0 radical (unpaired) electrons. The summed E-state index contributed by atoms with van der Waals surface area (Å²) in [4.78, 5) is 18.6. The zero-order valence-electron chi connectivity index (χ0n) is 12.5. The number of hydrogen-bond donors (Lipinski definition) is 1. The molecule has 0 unspecified atom stereocenters. The Kier molecular flexibility index (Phi) is 4.23. The van der Waals surface area contributed by atoms with Crippen LogP contribution in [0.1, 0.15) is 24.3 Å². The van der Waals surface area contributed by atoms with Gasteiger partial charge in [-0.2, -0.15) is 0 Å². The fourth-order valence-corrected chi connectivity index (χ4v) is 2.33. The van der Waals surface area contributed by atoms with Crippen LogP contribution in [0.5, 0.6) is 0 Å². The summed E-state index contributed by atoms with van der Waals surface area (Å²) in [7, 11) is 3.64. The summed E-state index contributed by atoms with van der Waals surface area (Å²) in [6, 6.07) is 9.79. The van der Waals surface area contributed by atoms with Crippen molar-refractivity contribution in [3.63, 3.8) is 0 Å². The molecule has 0 fully saturated rings. The average molecular weight is 271 g/mol. The van der Waals surface area contributed by atoms with Crippen LogP contribution in [-0.2, 0) is 0 Å². The molecule has 0 bridgehead atoms. The van der Waals surface area contributed by atoms with Crippen molar-refractivity contribution in [2.75, 3.05) is 26.0 Å². The number of carbonyl (C=O) groups excluding carboxylic acids is 1. The Morgan fingerprint density at radius 1 is 1.35 bits per heavy atom. The first-order valence-corrected chi connectivity index (χ1v) is 6.86. The molecule has 0 spiro atoms. The minimum atomic E-state index is -0.0408. The Hall–Kier alpha value is -2.10. The van der Waals surface area contributed by atoms with Crippen LogP contribution in [0.25, 0.3) is 10.8 Å². The Bertz CT molecular complexity index is 622. The van der Waals surface area contributed by atoms with Crippen LogP contribution in [0.3, 0.4) is 0 Å². The zero-order valence-corrected chi connectivity index (χ0v) is 12.5. The molecule has 4 heteroatoms. The molecule has 4 nitrogen and oxygen atoms in total. The maximum absolute atomic E-state index is 12.4. The molecule has 1 N–H and O–H groups in total. The second-order valence-electron chi connectivity index (χ2n) is 5.41. The van der Waals surface area contributed by atoms with Crippen LogP contribution in [0, 0.1) is 5.92 Å². The molecule has 20 heavy (non-hydrogen) atoms. The van der Waals surface area contributed by atoms with Crippen molar-refractivity contribution in [2.45, 2.75) is 13.8 Å². The highest BCUT2D eigenvalue weighted by Gasteiger charge is 2.16. The van der Waals surface area contributed by atoms with Gasteiger partial charge in [0.15, 0.2) is 0 Å². The predicted octanol–water partition coefficient (Wildman–Crippen LogP) is 3.00. The lowest BCUT2D eigenvalue weighted by atomic mass is 10.1. The lowest BCUT2D eigenvalue weighted by Crippen LogP contribution is -2.31. The van der Waals surface area contributed by atoms with Crippen molar-refractivity contribution < 1.29 is 4.79 Å². The van der Waals surface area contributed by atoms with Gasteiger partial charge in [0.1, 0.15) is 11.5 Å². The van der Waals surface area contributed by atoms with Crippen molar-refractivity contribution in [1.29, 1.82) is 0 Å². The van der Waals surface area contributed by atoms with Gasteiger partial charge in [-0.15, -0.1) is 0 Å². The van der Waals surface area contributed by atoms with Gasteiger partial charge in [-0.3, -0.25) is 4.79 Å². The molecule has 0 aliphatic heterocycles. The fourth-order valence-electron chi connectivity index (χ4n) is 2.33. The summed E-state index contributed by atoms with van der Waals surface area (Å²) in [5.41, 5.74) is 0.483. The molecule has 2 aromatic rings. The maximum atomic E-state index is 12.4. The van der Waals surface area contributed by atoms with Crippen molar-refractivity contribution in [3.05, 3.63) is 36.0 Å². The van der Waals surface area contributed by atoms with Crippen molar-refractivity contribution >= 4 is 22.5 Å². The van der Waals surface area contributed by atoms with Gasteiger partial charge in [0.25, 0.3) is 5.91 Å². The molecule has 0 aliphatic carbocycles. The summed E-state index contributed by atoms with van der Waals surface area (Å²) >= 11 is 0. The molecule has 106 valence electrons. The number of hydrogen-bond acceptors (Lipinski definition) is 3. The van der Waals surface area contributed by atoms with E-state index in [2.05, 4.69) is 24.1 Å². The molecule has 0 saturated heterocycles. The summed E-state index contributed by atoms with van der Waals surface area (Å²) < 4.78 is 0. The van der Waals surface area contributed by atoms with E-state index in [-0.39, 0.29) is 5.91 Å². The van der Waals surface area contributed by atoms with Crippen LogP contribution in [-0.4, -0.2) is 36.4 Å². The first kappa shape index (κ1) is 14.3. The highest BCUT2D eigenvalue weighted by molar-refractivity contribution is 6.00. The van der Waals surface area contributed by atoms with E-state index in [0.717, 1.165) is 23.1 Å². The van der Waals surface area contributed by atoms with E-state index in [1.807, 2.05) is 44.4 Å². The molecule has 0 saturated carbocycles. The van der Waals surface area contributed by atoms with Gasteiger partial charge in [-0.25, -0.2) is 4.98 Å². The van der Waals surface area contributed by atoms with Crippen LogP contribution in [0.2, 0.25) is 0 Å². The normalized spacial score (nSPS) is 10.8. The van der Waals surface area contributed by atoms with Gasteiger partial charge in [0.05, 0.1) is 0 Å². The lowest BCUT2D eigenvalue weighted by Gasteiger charge is -2.19. The number of anilines is 1. The molecule has 0 atom stereocenters. The van der Waals surface area contributed by atoms with Crippen LogP contribution < -0.4 is 5.32 Å². The molecule has 1 aromatic heterocycles. The van der Waals surface area contributed by atoms with Gasteiger partial charge in [0, 0.05) is 26.0 Å². The predicted molar refractivity (Wildman–Crippen MR) is 83.1 cm³/mol. The molecule has 1 aromatic carbocycles. The highest BCUT2D eigenvalue weighted by atomic mass is 16.2. The monoisotopic (exact) mass is 271 g/mol. The van der Waals surface area contributed by atoms with E-state index in [0.29, 0.717) is 11.6 Å². The van der Waals surface area contributed by atoms with E-state index in [1.54, 1.807) is 4.90 Å². The van der Waals surface area contributed by atoms with E-state index in [1.165, 1.54) is 0 Å². The second kappa shape index (κ2) is 5.90. The molecular weight excluding hydrogens is 250 g/mol. The number of carbonyl (C=O) groups is 1. The third-order valence-electron chi connectivity index (χ3n) is 3.18. The number of benzene rings is 1. The topological polar surface area (TPSA) is 45.2 Å². The number of pyridine rings is 1. The van der Waals surface area contributed by atoms with Crippen molar-refractivity contribution in [1.82, 2.24) is 9.88 Å². The quantitative estimate of drug-likeness (QED) is 0.929. The molecule has 2 rings (SSSR count). The standard InChI is InChI=1S/C16H21N3O/c1-11(2)10-19(4)16(20)14-9-12-7-5-6-8-13(12)15(17-3)18-14/h5-9,11H,10H2,1-4H3,(H,17,18). The van der Waals surface area contributed by atoms with Crippen LogP contribution >= 0.6 is 0 Å². The van der Waals surface area contributed by atoms with Gasteiger partial charge >= 0.3 is 0 Å². The molecule has 1 heterocycles. The molecular formula is C16H21N3O. The van der Waals surface area contributed by atoms with Gasteiger partial charge in [-0.1, -0.05) is 38.1 Å². The smallest absolute Gasteiger partial charge is 0.272 e. The fraction of sp³-hybridized carbons (Fsp3) is 0.375. The largest absolute Gasteiger partial charge is 0.373 e. The Morgan fingerprint density at radius 2 is 2.05 bits per heavy atom. The first-order chi connectivity index (χ1) is 9.52. The number of fused-ring (bicyclic) bond motifs is 1. The highest BCUT2D eigenvalue weighted by Crippen LogP contribution is 2.22. The summed E-state index contributed by atoms with van der Waals surface area (Å²) in [5, 5.41) is 5.11. The van der Waals surface area contributed by atoms with Crippen LogP contribution in [0.15, 0.2) is 30.3 Å². The summed E-state index contributed by atoms with van der Waals surface area (Å²) in [6.45, 7) is 4.91. The maximum Gasteiger partial charge on any atom is 0.272 e. The minimum absolute atomic E-state index is 0.0408. The van der Waals surface area contributed by atoms with E-state index >= 15 is 0 Å². The number of nitrogens with zero attached hydrogens (tertiary/aromatic N) is 2. The summed E-state index contributed by atoms with van der Waals surface area (Å²) in [6.07, 6.45) is 0. The third-order valence-corrected chi connectivity index (χ3v) is 3.18. The Labute approximate surface area is 119 Å². The Balaban J connectivity index is 2.42. The zero-order chi connectivity index (χ0) is 14.7. The lowest BCUT2D eigenvalue weighted by molar-refractivity contribution is 0.0773. The van der Waals surface area contributed by atoms with E-state index < -0.39 is 0 Å². The molecule has 1 amide bonds. The van der Waals surface area contributed by atoms with Crippen LogP contribution in [0.4, 0.5) is 5.82 Å². The minimum Gasteiger partial charge on any atom is -0.373 e. The first-order valence-electron chi connectivity index (χ1n) is 6.86. The number of aromatic nitrogens is 1. The van der Waals surface area contributed by atoms with Gasteiger partial charge in [0.2, 0.25) is 0 Å². The average Bonchev–Trinajstić information content (AvgIpc) is 2.44. The van der Waals surface area contributed by atoms with E-state index in [9.17, 15) is 4.79 Å². The van der Waals surface area contributed by atoms with E-state index in [4.69, 9.17) is 0 Å².